The number of nitrogens with one attached hydrogen (secondary N) is 2. The summed E-state index contributed by atoms with van der Waals surface area (Å²) in [6, 6.07) is 5.99. The number of carbonyl (C=O) groups is 3. The van der Waals surface area contributed by atoms with Gasteiger partial charge in [-0.2, -0.15) is 0 Å². The zero-order valence-electron chi connectivity index (χ0n) is 14.1. The van der Waals surface area contributed by atoms with Crippen molar-refractivity contribution in [1.82, 2.24) is 10.2 Å². The zero-order chi connectivity index (χ0) is 18.9. The molecule has 0 saturated carbocycles. The molecule has 3 rings (SSSR count). The number of ether oxygens (including phenoxy) is 1. The van der Waals surface area contributed by atoms with Crippen LogP contribution in [0.15, 0.2) is 24.3 Å². The second-order valence-corrected chi connectivity index (χ2v) is 8.64. The first-order valence-electron chi connectivity index (χ1n) is 8.03. The fourth-order valence-corrected chi connectivity index (χ4v) is 4.61. The van der Waals surface area contributed by atoms with E-state index in [4.69, 9.17) is 4.74 Å². The fraction of sp³-hybridized carbons (Fsp3) is 0.438. The molecule has 1 aromatic rings. The highest BCUT2D eigenvalue weighted by molar-refractivity contribution is 7.91. The third-order valence-corrected chi connectivity index (χ3v) is 6.23. The van der Waals surface area contributed by atoms with Crippen molar-refractivity contribution < 1.29 is 27.5 Å². The maximum atomic E-state index is 12.6. The lowest BCUT2D eigenvalue weighted by Gasteiger charge is -2.30. The molecule has 0 unspecified atom stereocenters. The molecule has 0 radical (unpaired) electrons. The molecule has 1 aromatic carbocycles. The first-order chi connectivity index (χ1) is 12.2. The Morgan fingerprint density at radius 2 is 2.00 bits per heavy atom. The monoisotopic (exact) mass is 381 g/mol. The van der Waals surface area contributed by atoms with Crippen molar-refractivity contribution in [2.45, 2.75) is 18.4 Å². The summed E-state index contributed by atoms with van der Waals surface area (Å²) in [5.41, 5.74) is -0.751. The van der Waals surface area contributed by atoms with Crippen LogP contribution in [0.5, 0.6) is 5.75 Å². The van der Waals surface area contributed by atoms with Crippen LogP contribution in [-0.2, 0) is 19.4 Å². The van der Waals surface area contributed by atoms with Crippen LogP contribution >= 0.6 is 0 Å². The molecule has 26 heavy (non-hydrogen) atoms. The first-order valence-corrected chi connectivity index (χ1v) is 9.85. The minimum atomic E-state index is -3.19. The number of anilines is 1. The number of sulfone groups is 1. The fourth-order valence-electron chi connectivity index (χ4n) is 3.09. The molecule has 0 aliphatic carbocycles. The van der Waals surface area contributed by atoms with Crippen LogP contribution in [0.25, 0.3) is 0 Å². The van der Waals surface area contributed by atoms with E-state index in [-0.39, 0.29) is 24.3 Å². The summed E-state index contributed by atoms with van der Waals surface area (Å²) in [6.45, 7) is -0.448. The van der Waals surface area contributed by atoms with Crippen LogP contribution in [0.1, 0.15) is 12.8 Å². The van der Waals surface area contributed by atoms with Gasteiger partial charge in [-0.05, 0) is 25.0 Å². The number of methoxy groups -OCH3 is 1. The van der Waals surface area contributed by atoms with E-state index in [0.29, 0.717) is 11.4 Å². The van der Waals surface area contributed by atoms with Crippen LogP contribution in [0.3, 0.4) is 0 Å². The van der Waals surface area contributed by atoms with Crippen LogP contribution < -0.4 is 15.4 Å². The van der Waals surface area contributed by atoms with Crippen LogP contribution in [-0.4, -0.2) is 61.9 Å². The number of benzene rings is 1. The molecule has 2 fully saturated rings. The Labute approximate surface area is 150 Å². The van der Waals surface area contributed by atoms with E-state index in [0.717, 1.165) is 4.90 Å². The lowest BCUT2D eigenvalue weighted by molar-refractivity contribution is -0.134. The summed E-state index contributed by atoms with van der Waals surface area (Å²) >= 11 is 0. The van der Waals surface area contributed by atoms with Gasteiger partial charge < -0.3 is 15.4 Å². The molecule has 2 heterocycles. The molecule has 0 aromatic heterocycles. The molecule has 0 atom stereocenters. The van der Waals surface area contributed by atoms with Gasteiger partial charge in [0.1, 0.15) is 17.8 Å². The lowest BCUT2D eigenvalue weighted by atomic mass is 9.92. The van der Waals surface area contributed by atoms with E-state index in [1.165, 1.54) is 7.11 Å². The number of nitrogens with zero attached hydrogens (tertiary/aromatic N) is 1. The van der Waals surface area contributed by atoms with Gasteiger partial charge in [0.2, 0.25) is 5.91 Å². The van der Waals surface area contributed by atoms with Crippen molar-refractivity contribution in [1.29, 1.82) is 0 Å². The third-order valence-electron chi connectivity index (χ3n) is 4.58. The number of urea groups is 1. The topological polar surface area (TPSA) is 122 Å². The van der Waals surface area contributed by atoms with E-state index in [1.54, 1.807) is 24.3 Å². The standard InChI is InChI=1S/C16H19N3O6S/c1-25-12-4-2-3-11(9-12)17-13(20)10-19-14(21)16(18-15(19)22)5-7-26(23,24)8-6-16/h2-4,9H,5-8,10H2,1H3,(H,17,20)(H,18,22). The molecule has 2 aliphatic heterocycles. The summed E-state index contributed by atoms with van der Waals surface area (Å²) in [5.74, 6) is -0.869. The largest absolute Gasteiger partial charge is 0.497 e. The van der Waals surface area contributed by atoms with Crippen LogP contribution in [0.4, 0.5) is 10.5 Å². The molecule has 1 spiro atoms. The Morgan fingerprint density at radius 3 is 2.65 bits per heavy atom. The van der Waals surface area contributed by atoms with Gasteiger partial charge >= 0.3 is 6.03 Å². The molecule has 4 amide bonds. The van der Waals surface area contributed by atoms with Crippen molar-refractivity contribution in [3.8, 4) is 5.75 Å². The quantitative estimate of drug-likeness (QED) is 0.715. The number of hydrogen-bond acceptors (Lipinski definition) is 6. The highest BCUT2D eigenvalue weighted by Gasteiger charge is 2.53. The van der Waals surface area contributed by atoms with Gasteiger partial charge in [-0.1, -0.05) is 6.07 Å². The second-order valence-electron chi connectivity index (χ2n) is 6.34. The molecule has 140 valence electrons. The van der Waals surface area contributed by atoms with E-state index in [9.17, 15) is 22.8 Å². The lowest BCUT2D eigenvalue weighted by Crippen LogP contribution is -2.52. The maximum absolute atomic E-state index is 12.6. The average molecular weight is 381 g/mol. The Morgan fingerprint density at radius 1 is 1.31 bits per heavy atom. The molecule has 10 heteroatoms. The summed E-state index contributed by atoms with van der Waals surface area (Å²) in [6.07, 6.45) is 0.0435. The number of rotatable bonds is 4. The molecule has 2 aliphatic rings. The summed E-state index contributed by atoms with van der Waals surface area (Å²) in [4.78, 5) is 37.8. The smallest absolute Gasteiger partial charge is 0.325 e. The maximum Gasteiger partial charge on any atom is 0.325 e. The molecule has 0 bridgehead atoms. The van der Waals surface area contributed by atoms with Crippen molar-refractivity contribution in [2.24, 2.45) is 0 Å². The van der Waals surface area contributed by atoms with E-state index < -0.39 is 39.8 Å². The minimum absolute atomic E-state index is 0.0217. The molecular formula is C16H19N3O6S. The third kappa shape index (κ3) is 3.50. The predicted molar refractivity (Wildman–Crippen MR) is 92.5 cm³/mol. The minimum Gasteiger partial charge on any atom is -0.497 e. The van der Waals surface area contributed by atoms with E-state index >= 15 is 0 Å². The Kier molecular flexibility index (Phi) is 4.61. The zero-order valence-corrected chi connectivity index (χ0v) is 15.0. The molecule has 2 saturated heterocycles. The van der Waals surface area contributed by atoms with Gasteiger partial charge in [-0.3, -0.25) is 14.5 Å². The molecule has 2 N–H and O–H groups in total. The van der Waals surface area contributed by atoms with E-state index in [2.05, 4.69) is 10.6 Å². The summed E-state index contributed by atoms with van der Waals surface area (Å²) in [7, 11) is -1.69. The Hall–Kier alpha value is -2.62. The van der Waals surface area contributed by atoms with Gasteiger partial charge in [0, 0.05) is 11.8 Å². The number of imide groups is 1. The molecule has 9 nitrogen and oxygen atoms in total. The van der Waals surface area contributed by atoms with Gasteiger partial charge in [0.15, 0.2) is 9.84 Å². The summed E-state index contributed by atoms with van der Waals surface area (Å²) < 4.78 is 28.2. The van der Waals surface area contributed by atoms with Gasteiger partial charge in [0.25, 0.3) is 5.91 Å². The van der Waals surface area contributed by atoms with Gasteiger partial charge in [0.05, 0.1) is 18.6 Å². The predicted octanol–water partition coefficient (Wildman–Crippen LogP) is 0.133. The van der Waals surface area contributed by atoms with Crippen molar-refractivity contribution in [3.63, 3.8) is 0 Å². The highest BCUT2D eigenvalue weighted by Crippen LogP contribution is 2.30. The van der Waals surface area contributed by atoms with Crippen molar-refractivity contribution in [2.75, 3.05) is 30.5 Å². The first kappa shape index (κ1) is 18.2. The average Bonchev–Trinajstić information content (AvgIpc) is 2.82. The number of carbonyl (C=O) groups excluding carboxylic acids is 3. The van der Waals surface area contributed by atoms with Gasteiger partial charge in [-0.25, -0.2) is 13.2 Å². The second kappa shape index (κ2) is 6.60. The highest BCUT2D eigenvalue weighted by atomic mass is 32.2. The molecular weight excluding hydrogens is 362 g/mol. The van der Waals surface area contributed by atoms with Crippen LogP contribution in [0.2, 0.25) is 0 Å². The van der Waals surface area contributed by atoms with E-state index in [1.807, 2.05) is 0 Å². The van der Waals surface area contributed by atoms with Gasteiger partial charge in [-0.15, -0.1) is 0 Å². The van der Waals surface area contributed by atoms with Crippen LogP contribution in [0, 0.1) is 0 Å². The van der Waals surface area contributed by atoms with Crippen molar-refractivity contribution in [3.05, 3.63) is 24.3 Å². The summed E-state index contributed by atoms with van der Waals surface area (Å²) in [5, 5.41) is 5.17. The van der Waals surface area contributed by atoms with Crippen molar-refractivity contribution >= 4 is 33.4 Å². The number of amides is 4. The number of hydrogen-bond donors (Lipinski definition) is 2. The normalized spacial score (nSPS) is 20.7. The Balaban J connectivity index is 1.67. The SMILES string of the molecule is COc1cccc(NC(=O)CN2C(=O)NC3(CCS(=O)(=O)CC3)C2=O)c1. The Bertz CT molecular complexity index is 852.